The Morgan fingerprint density at radius 3 is 2.72 bits per heavy atom. The molecule has 0 aliphatic heterocycles. The van der Waals surface area contributed by atoms with Crippen molar-refractivity contribution in [2.45, 2.75) is 31.1 Å². The maximum Gasteiger partial charge on any atom is 0.303 e. The summed E-state index contributed by atoms with van der Waals surface area (Å²) in [6, 6.07) is 9.65. The first-order valence-corrected chi connectivity index (χ1v) is 11.4. The highest BCUT2D eigenvalue weighted by molar-refractivity contribution is 7.90. The molecule has 0 saturated carbocycles. The minimum absolute atomic E-state index is 0.0557. The van der Waals surface area contributed by atoms with E-state index in [4.69, 9.17) is 16.7 Å². The smallest absolute Gasteiger partial charge is 0.303 e. The van der Waals surface area contributed by atoms with E-state index in [9.17, 15) is 13.2 Å². The monoisotopic (exact) mass is 449 g/mol. The van der Waals surface area contributed by atoms with Crippen LogP contribution in [-0.2, 0) is 21.2 Å². The maximum atomic E-state index is 13.5. The van der Waals surface area contributed by atoms with Gasteiger partial charge in [-0.05, 0) is 56.2 Å². The molecule has 7 nitrogen and oxygen atoms in total. The van der Waals surface area contributed by atoms with E-state index in [1.54, 1.807) is 30.3 Å². The number of rotatable bonds is 6. The zero-order valence-corrected chi connectivity index (χ0v) is 17.7. The molecule has 0 aliphatic carbocycles. The summed E-state index contributed by atoms with van der Waals surface area (Å²) in [6.07, 6.45) is 0.524. The Morgan fingerprint density at radius 2 is 1.97 bits per heavy atom. The van der Waals surface area contributed by atoms with Gasteiger partial charge in [0, 0.05) is 12.1 Å². The number of aromatic nitrogens is 3. The number of carbonyl (C=O) groups is 1. The van der Waals surface area contributed by atoms with Gasteiger partial charge in [0.15, 0.2) is 0 Å². The molecular weight excluding hydrogens is 434 g/mol. The van der Waals surface area contributed by atoms with Crippen molar-refractivity contribution in [3.63, 3.8) is 0 Å². The van der Waals surface area contributed by atoms with E-state index in [1.807, 2.05) is 6.92 Å². The van der Waals surface area contributed by atoms with E-state index in [0.717, 1.165) is 9.71 Å². The van der Waals surface area contributed by atoms with Crippen molar-refractivity contribution in [1.82, 2.24) is 13.9 Å². The third kappa shape index (κ3) is 3.73. The van der Waals surface area contributed by atoms with Crippen molar-refractivity contribution in [1.29, 1.82) is 0 Å². The summed E-state index contributed by atoms with van der Waals surface area (Å²) in [4.78, 5) is 19.6. The fourth-order valence-electron chi connectivity index (χ4n) is 3.26. The Bertz CT molecular complexity index is 1360. The molecule has 0 radical (unpaired) electrons. The van der Waals surface area contributed by atoms with Crippen LogP contribution in [0.15, 0.2) is 41.3 Å². The number of benzene rings is 1. The number of fused-ring (bicyclic) bond motifs is 2. The summed E-state index contributed by atoms with van der Waals surface area (Å²) in [6.45, 7) is 1.87. The number of aliphatic carboxylic acids is 1. The SMILES string of the molecule is Cc1nc2cc(S(=O)(=O)n3c(CCCC(=O)O)cc4nc(Cl)ccc43)ccc2s1. The highest BCUT2D eigenvalue weighted by atomic mass is 35.5. The molecule has 0 aliphatic rings. The predicted molar refractivity (Wildman–Crippen MR) is 112 cm³/mol. The van der Waals surface area contributed by atoms with Crippen molar-refractivity contribution in [2.24, 2.45) is 0 Å². The summed E-state index contributed by atoms with van der Waals surface area (Å²) in [5.74, 6) is -0.930. The number of carboxylic acid groups (broad SMARTS) is 1. The molecule has 0 bridgehead atoms. The van der Waals surface area contributed by atoms with Crippen molar-refractivity contribution >= 4 is 60.2 Å². The van der Waals surface area contributed by atoms with Gasteiger partial charge in [-0.1, -0.05) is 11.6 Å². The fourth-order valence-corrected chi connectivity index (χ4v) is 5.80. The Hall–Kier alpha value is -2.49. The van der Waals surface area contributed by atoms with Crippen LogP contribution in [-0.4, -0.2) is 33.4 Å². The van der Waals surface area contributed by atoms with Crippen LogP contribution >= 0.6 is 22.9 Å². The first-order chi connectivity index (χ1) is 13.8. The molecule has 1 aromatic carbocycles. The molecule has 4 aromatic rings. The van der Waals surface area contributed by atoms with Crippen LogP contribution in [0.4, 0.5) is 0 Å². The molecule has 10 heteroatoms. The average Bonchev–Trinajstić information content (AvgIpc) is 3.19. The topological polar surface area (TPSA) is 102 Å². The van der Waals surface area contributed by atoms with Crippen LogP contribution in [0, 0.1) is 6.92 Å². The molecule has 0 spiro atoms. The van der Waals surface area contributed by atoms with Gasteiger partial charge in [0.25, 0.3) is 10.0 Å². The molecule has 0 saturated heterocycles. The fraction of sp³-hybridized carbons (Fsp3) is 0.211. The Kier molecular flexibility index (Phi) is 5.05. The van der Waals surface area contributed by atoms with Crippen LogP contribution in [0.5, 0.6) is 0 Å². The van der Waals surface area contributed by atoms with E-state index in [2.05, 4.69) is 9.97 Å². The summed E-state index contributed by atoms with van der Waals surface area (Å²) in [5, 5.41) is 10.0. The first-order valence-electron chi connectivity index (χ1n) is 8.77. The zero-order valence-electron chi connectivity index (χ0n) is 15.3. The van der Waals surface area contributed by atoms with Crippen LogP contribution in [0.3, 0.4) is 0 Å². The van der Waals surface area contributed by atoms with E-state index in [1.165, 1.54) is 21.4 Å². The largest absolute Gasteiger partial charge is 0.481 e. The molecule has 0 atom stereocenters. The van der Waals surface area contributed by atoms with Gasteiger partial charge in [0.1, 0.15) is 5.15 Å². The van der Waals surface area contributed by atoms with Crippen molar-refractivity contribution < 1.29 is 18.3 Å². The van der Waals surface area contributed by atoms with E-state index in [0.29, 0.717) is 28.7 Å². The van der Waals surface area contributed by atoms with Gasteiger partial charge in [-0.25, -0.2) is 22.4 Å². The normalized spacial score (nSPS) is 12.1. The highest BCUT2D eigenvalue weighted by Gasteiger charge is 2.24. The number of halogens is 1. The van der Waals surface area contributed by atoms with Crippen LogP contribution in [0.1, 0.15) is 23.5 Å². The standard InChI is InChI=1S/C19H16ClN3O4S2/c1-11-21-15-10-13(5-7-17(15)28-11)29(26,27)23-12(3-2-4-19(24)25)9-14-16(23)6-8-18(20)22-14/h5-10H,2-4H2,1H3,(H,24,25). The lowest BCUT2D eigenvalue weighted by Gasteiger charge is -2.12. The minimum atomic E-state index is -3.95. The maximum absolute atomic E-state index is 13.5. The quantitative estimate of drug-likeness (QED) is 0.441. The van der Waals surface area contributed by atoms with Crippen LogP contribution in [0.25, 0.3) is 21.3 Å². The Balaban J connectivity index is 1.87. The van der Waals surface area contributed by atoms with E-state index in [-0.39, 0.29) is 22.9 Å². The number of hydrogen-bond donors (Lipinski definition) is 1. The molecule has 0 amide bonds. The summed E-state index contributed by atoms with van der Waals surface area (Å²) >= 11 is 7.47. The number of thiazole rings is 1. The minimum Gasteiger partial charge on any atom is -0.481 e. The second kappa shape index (κ2) is 7.40. The van der Waals surface area contributed by atoms with E-state index < -0.39 is 16.0 Å². The molecule has 0 fully saturated rings. The molecule has 1 N–H and O–H groups in total. The Morgan fingerprint density at radius 1 is 1.17 bits per heavy atom. The number of pyridine rings is 1. The number of hydrogen-bond acceptors (Lipinski definition) is 6. The predicted octanol–water partition coefficient (Wildman–Crippen LogP) is 4.25. The van der Waals surface area contributed by atoms with Gasteiger partial charge in [-0.15, -0.1) is 11.3 Å². The lowest BCUT2D eigenvalue weighted by molar-refractivity contribution is -0.137. The van der Waals surface area contributed by atoms with Crippen molar-refractivity contribution in [3.05, 3.63) is 52.3 Å². The summed E-state index contributed by atoms with van der Waals surface area (Å²) < 4.78 is 29.2. The zero-order chi connectivity index (χ0) is 20.8. The Labute approximate surface area is 175 Å². The lowest BCUT2D eigenvalue weighted by atomic mass is 10.2. The number of carboxylic acids is 1. The average molecular weight is 450 g/mol. The number of aryl methyl sites for hydroxylation is 2. The van der Waals surface area contributed by atoms with Gasteiger partial charge < -0.3 is 5.11 Å². The second-order valence-corrected chi connectivity index (χ2v) is 9.96. The molecule has 3 heterocycles. The van der Waals surface area contributed by atoms with Gasteiger partial charge in [0.05, 0.1) is 31.2 Å². The lowest BCUT2D eigenvalue weighted by Crippen LogP contribution is -2.16. The second-order valence-electron chi connectivity index (χ2n) is 6.55. The summed E-state index contributed by atoms with van der Waals surface area (Å²) in [5.41, 5.74) is 1.93. The van der Waals surface area contributed by atoms with Crippen LogP contribution in [0.2, 0.25) is 5.15 Å². The van der Waals surface area contributed by atoms with Gasteiger partial charge in [0.2, 0.25) is 0 Å². The third-order valence-electron chi connectivity index (χ3n) is 4.48. The number of nitrogens with zero attached hydrogens (tertiary/aromatic N) is 3. The molecule has 3 aromatic heterocycles. The van der Waals surface area contributed by atoms with Gasteiger partial charge in [-0.2, -0.15) is 0 Å². The van der Waals surface area contributed by atoms with Gasteiger partial charge in [-0.3, -0.25) is 4.79 Å². The van der Waals surface area contributed by atoms with Gasteiger partial charge >= 0.3 is 5.97 Å². The van der Waals surface area contributed by atoms with Crippen molar-refractivity contribution in [2.75, 3.05) is 0 Å². The third-order valence-corrected chi connectivity index (χ3v) is 7.40. The first kappa shape index (κ1) is 19.8. The molecule has 150 valence electrons. The van der Waals surface area contributed by atoms with Crippen molar-refractivity contribution in [3.8, 4) is 0 Å². The molecule has 4 rings (SSSR count). The highest BCUT2D eigenvalue weighted by Crippen LogP contribution is 2.30. The molecule has 0 unspecified atom stereocenters. The molecular formula is C19H16ClN3O4S2. The molecule has 29 heavy (non-hydrogen) atoms. The van der Waals surface area contributed by atoms with E-state index >= 15 is 0 Å². The van der Waals surface area contributed by atoms with Crippen LogP contribution < -0.4 is 0 Å². The summed E-state index contributed by atoms with van der Waals surface area (Å²) in [7, 11) is -3.95.